The van der Waals surface area contributed by atoms with E-state index in [9.17, 15) is 13.2 Å². The van der Waals surface area contributed by atoms with Crippen molar-refractivity contribution in [3.05, 3.63) is 60.2 Å². The number of hydrogen-bond acceptors (Lipinski definition) is 1. The molecule has 0 aliphatic heterocycles. The summed E-state index contributed by atoms with van der Waals surface area (Å²) in [6, 6.07) is 15.1. The van der Waals surface area contributed by atoms with Crippen LogP contribution in [0.5, 0.6) is 11.5 Å². The second-order valence-corrected chi connectivity index (χ2v) is 4.25. The number of benzene rings is 2. The highest BCUT2D eigenvalue weighted by atomic mass is 19.4. The van der Waals surface area contributed by atoms with Crippen LogP contribution in [0.2, 0.25) is 0 Å². The van der Waals surface area contributed by atoms with Crippen molar-refractivity contribution >= 4 is 0 Å². The van der Waals surface area contributed by atoms with Crippen molar-refractivity contribution in [1.29, 1.82) is 0 Å². The van der Waals surface area contributed by atoms with Gasteiger partial charge in [-0.05, 0) is 36.8 Å². The normalized spacial score (nSPS) is 13.1. The number of ether oxygens (including phenoxy) is 1. The Labute approximate surface area is 109 Å². The molecular weight excluding hydrogens is 253 g/mol. The Bertz CT molecular complexity index is 517. The molecule has 0 aromatic heterocycles. The summed E-state index contributed by atoms with van der Waals surface area (Å²) >= 11 is 0. The highest BCUT2D eigenvalue weighted by Crippen LogP contribution is 2.35. The average molecular weight is 266 g/mol. The largest absolute Gasteiger partial charge is 0.457 e. The molecule has 0 aliphatic rings. The van der Waals surface area contributed by atoms with Gasteiger partial charge < -0.3 is 4.74 Å². The molecule has 0 spiro atoms. The van der Waals surface area contributed by atoms with Crippen LogP contribution in [-0.2, 0) is 0 Å². The molecular formula is C15H13F3O. The maximum absolute atomic E-state index is 12.6. The van der Waals surface area contributed by atoms with E-state index in [-0.39, 0.29) is 5.56 Å². The molecule has 2 rings (SSSR count). The van der Waals surface area contributed by atoms with Crippen LogP contribution in [0.15, 0.2) is 54.6 Å². The molecule has 2 aromatic rings. The number of hydrogen-bond donors (Lipinski definition) is 0. The fraction of sp³-hybridized carbons (Fsp3) is 0.200. The third-order valence-corrected chi connectivity index (χ3v) is 2.85. The van der Waals surface area contributed by atoms with Gasteiger partial charge >= 0.3 is 6.18 Å². The lowest BCUT2D eigenvalue weighted by Gasteiger charge is -2.16. The van der Waals surface area contributed by atoms with Gasteiger partial charge in [0.05, 0.1) is 5.92 Å². The Kier molecular flexibility index (Phi) is 3.79. The molecule has 0 fully saturated rings. The topological polar surface area (TPSA) is 9.23 Å². The molecule has 1 nitrogen and oxygen atoms in total. The zero-order valence-electron chi connectivity index (χ0n) is 10.3. The minimum absolute atomic E-state index is 0.230. The summed E-state index contributed by atoms with van der Waals surface area (Å²) in [7, 11) is 0. The van der Waals surface area contributed by atoms with E-state index in [1.807, 2.05) is 18.2 Å². The first-order valence-electron chi connectivity index (χ1n) is 5.86. The lowest BCUT2D eigenvalue weighted by molar-refractivity contribution is -0.146. The molecule has 2 aromatic carbocycles. The second-order valence-electron chi connectivity index (χ2n) is 4.25. The van der Waals surface area contributed by atoms with Crippen LogP contribution in [0.3, 0.4) is 0 Å². The van der Waals surface area contributed by atoms with Crippen LogP contribution in [0, 0.1) is 0 Å². The molecule has 1 atom stereocenters. The van der Waals surface area contributed by atoms with E-state index in [1.54, 1.807) is 24.3 Å². The van der Waals surface area contributed by atoms with Crippen LogP contribution < -0.4 is 4.74 Å². The van der Waals surface area contributed by atoms with E-state index >= 15 is 0 Å². The Morgan fingerprint density at radius 2 is 1.37 bits per heavy atom. The van der Waals surface area contributed by atoms with Crippen molar-refractivity contribution in [3.63, 3.8) is 0 Å². The predicted octanol–water partition coefficient (Wildman–Crippen LogP) is 5.14. The van der Waals surface area contributed by atoms with Gasteiger partial charge in [-0.3, -0.25) is 0 Å². The lowest BCUT2D eigenvalue weighted by atomic mass is 10.0. The predicted molar refractivity (Wildman–Crippen MR) is 67.4 cm³/mol. The third-order valence-electron chi connectivity index (χ3n) is 2.85. The Morgan fingerprint density at radius 1 is 0.842 bits per heavy atom. The number of rotatable bonds is 3. The van der Waals surface area contributed by atoms with Gasteiger partial charge in [-0.2, -0.15) is 13.2 Å². The van der Waals surface area contributed by atoms with Crippen molar-refractivity contribution in [2.24, 2.45) is 0 Å². The van der Waals surface area contributed by atoms with Gasteiger partial charge in [0.1, 0.15) is 11.5 Å². The van der Waals surface area contributed by atoms with Crippen LogP contribution in [0.4, 0.5) is 13.2 Å². The molecule has 100 valence electrons. The highest BCUT2D eigenvalue weighted by molar-refractivity contribution is 5.34. The Morgan fingerprint density at radius 3 is 1.89 bits per heavy atom. The van der Waals surface area contributed by atoms with Crippen LogP contribution in [0.25, 0.3) is 0 Å². The minimum Gasteiger partial charge on any atom is -0.457 e. The molecule has 0 N–H and O–H groups in total. The smallest absolute Gasteiger partial charge is 0.395 e. The maximum Gasteiger partial charge on any atom is 0.395 e. The molecule has 0 bridgehead atoms. The molecule has 0 amide bonds. The molecule has 0 unspecified atom stereocenters. The Balaban J connectivity index is 2.11. The van der Waals surface area contributed by atoms with Crippen molar-refractivity contribution in [2.75, 3.05) is 0 Å². The minimum atomic E-state index is -4.22. The summed E-state index contributed by atoms with van der Waals surface area (Å²) in [4.78, 5) is 0. The molecule has 0 saturated carbocycles. The van der Waals surface area contributed by atoms with E-state index in [0.29, 0.717) is 11.5 Å². The van der Waals surface area contributed by atoms with Gasteiger partial charge in [0.25, 0.3) is 0 Å². The van der Waals surface area contributed by atoms with Crippen LogP contribution in [0.1, 0.15) is 18.4 Å². The van der Waals surface area contributed by atoms with Gasteiger partial charge in [-0.15, -0.1) is 0 Å². The molecule has 0 radical (unpaired) electrons. The molecule has 4 heteroatoms. The standard InChI is InChI=1S/C15H13F3O/c1-11(15(16,17)18)12-7-9-14(10-8-12)19-13-5-3-2-4-6-13/h2-11H,1H3/t11-/m0/s1. The van der Waals surface area contributed by atoms with Gasteiger partial charge in [0.15, 0.2) is 0 Å². The van der Waals surface area contributed by atoms with Crippen LogP contribution >= 0.6 is 0 Å². The highest BCUT2D eigenvalue weighted by Gasteiger charge is 2.36. The first kappa shape index (κ1) is 13.5. The SMILES string of the molecule is C[C@@H](c1ccc(Oc2ccccc2)cc1)C(F)(F)F. The number of para-hydroxylation sites is 1. The van der Waals surface area contributed by atoms with Gasteiger partial charge in [0, 0.05) is 0 Å². The van der Waals surface area contributed by atoms with E-state index in [0.717, 1.165) is 6.92 Å². The summed E-state index contributed by atoms with van der Waals surface area (Å²) < 4.78 is 43.2. The third kappa shape index (κ3) is 3.50. The number of alkyl halides is 3. The fourth-order valence-electron chi connectivity index (χ4n) is 1.64. The van der Waals surface area contributed by atoms with E-state index in [1.165, 1.54) is 12.1 Å². The first-order chi connectivity index (χ1) is 8.97. The average Bonchev–Trinajstić information content (AvgIpc) is 2.39. The summed E-state index contributed by atoms with van der Waals surface area (Å²) in [5, 5.41) is 0. The zero-order chi connectivity index (χ0) is 13.9. The summed E-state index contributed by atoms with van der Waals surface area (Å²) in [5.41, 5.74) is 0.230. The lowest BCUT2D eigenvalue weighted by Crippen LogP contribution is -2.17. The summed E-state index contributed by atoms with van der Waals surface area (Å²) in [5.74, 6) is -0.304. The molecule has 19 heavy (non-hydrogen) atoms. The quantitative estimate of drug-likeness (QED) is 0.747. The van der Waals surface area contributed by atoms with E-state index in [4.69, 9.17) is 4.74 Å². The summed E-state index contributed by atoms with van der Waals surface area (Å²) in [6.45, 7) is 1.15. The van der Waals surface area contributed by atoms with Crippen molar-refractivity contribution in [2.45, 2.75) is 19.0 Å². The van der Waals surface area contributed by atoms with Gasteiger partial charge in [-0.1, -0.05) is 30.3 Å². The summed E-state index contributed by atoms with van der Waals surface area (Å²) in [6.07, 6.45) is -4.22. The molecule has 0 aliphatic carbocycles. The monoisotopic (exact) mass is 266 g/mol. The zero-order valence-corrected chi connectivity index (χ0v) is 10.3. The van der Waals surface area contributed by atoms with Crippen molar-refractivity contribution in [1.82, 2.24) is 0 Å². The van der Waals surface area contributed by atoms with Crippen LogP contribution in [-0.4, -0.2) is 6.18 Å². The first-order valence-corrected chi connectivity index (χ1v) is 5.86. The van der Waals surface area contributed by atoms with Gasteiger partial charge in [-0.25, -0.2) is 0 Å². The Hall–Kier alpha value is -1.97. The van der Waals surface area contributed by atoms with E-state index in [2.05, 4.69) is 0 Å². The molecule has 0 saturated heterocycles. The second kappa shape index (κ2) is 5.34. The van der Waals surface area contributed by atoms with E-state index < -0.39 is 12.1 Å². The van der Waals surface area contributed by atoms with Gasteiger partial charge in [0.2, 0.25) is 0 Å². The van der Waals surface area contributed by atoms with Crippen molar-refractivity contribution in [3.8, 4) is 11.5 Å². The molecule has 0 heterocycles. The fourth-order valence-corrected chi connectivity index (χ4v) is 1.64. The van der Waals surface area contributed by atoms with Crippen molar-refractivity contribution < 1.29 is 17.9 Å². The number of halogens is 3. The maximum atomic E-state index is 12.6.